The molecule has 3 aliphatic rings. The highest BCUT2D eigenvalue weighted by atomic mass is 16.5. The Labute approximate surface area is 123 Å². The average Bonchev–Trinajstić information content (AvgIpc) is 2.94. The van der Waals surface area contributed by atoms with Gasteiger partial charge in [-0.1, -0.05) is 5.16 Å². The predicted octanol–water partition coefficient (Wildman–Crippen LogP) is 0.461. The van der Waals surface area contributed by atoms with Gasteiger partial charge in [0, 0.05) is 25.2 Å². The van der Waals surface area contributed by atoms with Gasteiger partial charge in [-0.05, 0) is 38.6 Å². The first-order chi connectivity index (χ1) is 10.3. The van der Waals surface area contributed by atoms with E-state index < -0.39 is 0 Å². The van der Waals surface area contributed by atoms with Gasteiger partial charge in [-0.25, -0.2) is 0 Å². The Morgan fingerprint density at radius 1 is 1.33 bits per heavy atom. The Hall–Kier alpha value is -1.47. The highest BCUT2D eigenvalue weighted by molar-refractivity contribution is 5.90. The van der Waals surface area contributed by atoms with Crippen molar-refractivity contribution in [1.29, 1.82) is 0 Å². The molecule has 0 radical (unpaired) electrons. The molecule has 0 bridgehead atoms. The van der Waals surface area contributed by atoms with Crippen molar-refractivity contribution < 1.29 is 9.32 Å². The molecule has 1 aliphatic carbocycles. The van der Waals surface area contributed by atoms with Gasteiger partial charge in [0.1, 0.15) is 0 Å². The Kier molecular flexibility index (Phi) is 3.39. The lowest BCUT2D eigenvalue weighted by molar-refractivity contribution is 0.0924. The van der Waals surface area contributed by atoms with Crippen molar-refractivity contribution >= 4 is 5.91 Å². The fraction of sp³-hybridized carbons (Fsp3) is 0.786. The molecule has 1 aromatic heterocycles. The standard InChI is InChI=1S/C14H21N5O2/c20-13(16-9-5-7-19(8-9)10-3-4-10)12-17-14(21-18-12)11-2-1-6-15-11/h9-11,15H,1-8H2,(H,16,20). The summed E-state index contributed by atoms with van der Waals surface area (Å²) in [5.41, 5.74) is 0. The molecule has 7 heteroatoms. The van der Waals surface area contributed by atoms with Gasteiger partial charge in [0.05, 0.1) is 6.04 Å². The van der Waals surface area contributed by atoms with Crippen LogP contribution in [-0.4, -0.2) is 52.7 Å². The molecule has 2 N–H and O–H groups in total. The third-order valence-corrected chi connectivity index (χ3v) is 4.62. The topological polar surface area (TPSA) is 83.3 Å². The van der Waals surface area contributed by atoms with Crippen molar-refractivity contribution in [2.24, 2.45) is 0 Å². The molecule has 1 saturated carbocycles. The second-order valence-electron chi connectivity index (χ2n) is 6.29. The number of carbonyl (C=O) groups excluding carboxylic acids is 1. The molecule has 21 heavy (non-hydrogen) atoms. The van der Waals surface area contributed by atoms with Crippen molar-refractivity contribution in [1.82, 2.24) is 25.7 Å². The summed E-state index contributed by atoms with van der Waals surface area (Å²) < 4.78 is 5.21. The van der Waals surface area contributed by atoms with Crippen LogP contribution in [0.1, 0.15) is 54.7 Å². The van der Waals surface area contributed by atoms with E-state index in [0.717, 1.165) is 44.9 Å². The van der Waals surface area contributed by atoms with E-state index in [1.54, 1.807) is 0 Å². The first kappa shape index (κ1) is 13.2. The molecule has 2 saturated heterocycles. The van der Waals surface area contributed by atoms with Crippen molar-refractivity contribution in [3.8, 4) is 0 Å². The summed E-state index contributed by atoms with van der Waals surface area (Å²) in [6, 6.07) is 1.08. The summed E-state index contributed by atoms with van der Waals surface area (Å²) in [6.45, 7) is 3.00. The zero-order valence-corrected chi connectivity index (χ0v) is 12.0. The van der Waals surface area contributed by atoms with Crippen molar-refractivity contribution in [2.45, 2.75) is 50.2 Å². The minimum atomic E-state index is -0.217. The molecule has 3 fully saturated rings. The molecule has 0 spiro atoms. The number of amides is 1. The Morgan fingerprint density at radius 2 is 2.24 bits per heavy atom. The van der Waals surface area contributed by atoms with E-state index in [4.69, 9.17) is 4.52 Å². The van der Waals surface area contributed by atoms with E-state index in [0.29, 0.717) is 5.89 Å². The Bertz CT molecular complexity index is 521. The first-order valence-corrected chi connectivity index (χ1v) is 7.91. The van der Waals surface area contributed by atoms with Gasteiger partial charge < -0.3 is 15.2 Å². The van der Waals surface area contributed by atoms with Gasteiger partial charge in [0.2, 0.25) is 5.89 Å². The highest BCUT2D eigenvalue weighted by Crippen LogP contribution is 2.29. The van der Waals surface area contributed by atoms with E-state index in [1.807, 2.05) is 0 Å². The van der Waals surface area contributed by atoms with E-state index in [2.05, 4.69) is 25.7 Å². The molecule has 0 aromatic carbocycles. The number of nitrogens with one attached hydrogen (secondary N) is 2. The van der Waals surface area contributed by atoms with Gasteiger partial charge in [0.25, 0.3) is 11.7 Å². The lowest BCUT2D eigenvalue weighted by atomic mass is 10.2. The van der Waals surface area contributed by atoms with Gasteiger partial charge in [-0.2, -0.15) is 4.98 Å². The van der Waals surface area contributed by atoms with Crippen LogP contribution in [-0.2, 0) is 0 Å². The number of hydrogen-bond donors (Lipinski definition) is 2. The van der Waals surface area contributed by atoms with Crippen LogP contribution in [0.4, 0.5) is 0 Å². The van der Waals surface area contributed by atoms with E-state index in [1.165, 1.54) is 12.8 Å². The van der Waals surface area contributed by atoms with Crippen LogP contribution in [0.5, 0.6) is 0 Å². The van der Waals surface area contributed by atoms with Crippen LogP contribution >= 0.6 is 0 Å². The van der Waals surface area contributed by atoms with E-state index in [9.17, 15) is 4.79 Å². The van der Waals surface area contributed by atoms with Crippen LogP contribution in [0.2, 0.25) is 0 Å². The highest BCUT2D eigenvalue weighted by Gasteiger charge is 2.35. The molecular formula is C14H21N5O2. The third-order valence-electron chi connectivity index (χ3n) is 4.62. The quantitative estimate of drug-likeness (QED) is 0.838. The number of hydrogen-bond acceptors (Lipinski definition) is 6. The maximum atomic E-state index is 12.2. The maximum Gasteiger partial charge on any atom is 0.292 e. The molecule has 7 nitrogen and oxygen atoms in total. The third kappa shape index (κ3) is 2.80. The van der Waals surface area contributed by atoms with Gasteiger partial charge in [0.15, 0.2) is 0 Å². The summed E-state index contributed by atoms with van der Waals surface area (Å²) in [6.07, 6.45) is 5.72. The summed E-state index contributed by atoms with van der Waals surface area (Å²) in [5.74, 6) is 0.470. The first-order valence-electron chi connectivity index (χ1n) is 7.91. The molecule has 114 valence electrons. The van der Waals surface area contributed by atoms with Gasteiger partial charge in [-0.3, -0.25) is 9.69 Å². The lowest BCUT2D eigenvalue weighted by Crippen LogP contribution is -2.38. The lowest BCUT2D eigenvalue weighted by Gasteiger charge is -2.14. The zero-order valence-electron chi connectivity index (χ0n) is 12.0. The van der Waals surface area contributed by atoms with Gasteiger partial charge in [-0.15, -0.1) is 0 Å². The Morgan fingerprint density at radius 3 is 3.00 bits per heavy atom. The van der Waals surface area contributed by atoms with Crippen LogP contribution in [0.15, 0.2) is 4.52 Å². The SMILES string of the molecule is O=C(NC1CCN(C2CC2)C1)c1noc(C2CCCN2)n1. The van der Waals surface area contributed by atoms with E-state index >= 15 is 0 Å². The predicted molar refractivity (Wildman–Crippen MR) is 74.7 cm³/mol. The minimum Gasteiger partial charge on any atom is -0.345 e. The average molecular weight is 291 g/mol. The monoisotopic (exact) mass is 291 g/mol. The molecule has 1 amide bonds. The maximum absolute atomic E-state index is 12.2. The molecule has 1 aromatic rings. The molecule has 2 unspecified atom stereocenters. The number of carbonyl (C=O) groups is 1. The number of likely N-dealkylation sites (tertiary alicyclic amines) is 1. The minimum absolute atomic E-state index is 0.107. The Balaban J connectivity index is 1.34. The van der Waals surface area contributed by atoms with Crippen molar-refractivity contribution in [3.63, 3.8) is 0 Å². The molecule has 2 atom stereocenters. The van der Waals surface area contributed by atoms with Crippen LogP contribution in [0, 0.1) is 0 Å². The largest absolute Gasteiger partial charge is 0.345 e. The normalized spacial score (nSPS) is 29.9. The zero-order chi connectivity index (χ0) is 14.2. The van der Waals surface area contributed by atoms with Crippen molar-refractivity contribution in [2.75, 3.05) is 19.6 Å². The summed E-state index contributed by atoms with van der Waals surface area (Å²) in [7, 11) is 0. The molecule has 3 heterocycles. The second-order valence-corrected chi connectivity index (χ2v) is 6.29. The molecule has 2 aliphatic heterocycles. The summed E-state index contributed by atoms with van der Waals surface area (Å²) >= 11 is 0. The smallest absolute Gasteiger partial charge is 0.292 e. The van der Waals surface area contributed by atoms with Gasteiger partial charge >= 0.3 is 0 Å². The number of aromatic nitrogens is 2. The summed E-state index contributed by atoms with van der Waals surface area (Å²) in [4.78, 5) is 18.9. The number of rotatable bonds is 4. The van der Waals surface area contributed by atoms with Crippen molar-refractivity contribution in [3.05, 3.63) is 11.7 Å². The summed E-state index contributed by atoms with van der Waals surface area (Å²) in [5, 5.41) is 10.1. The molecule has 4 rings (SSSR count). The van der Waals surface area contributed by atoms with Crippen LogP contribution < -0.4 is 10.6 Å². The second kappa shape index (κ2) is 5.38. The fourth-order valence-corrected chi connectivity index (χ4v) is 3.29. The fourth-order valence-electron chi connectivity index (χ4n) is 3.29. The molecular weight excluding hydrogens is 270 g/mol. The van der Waals surface area contributed by atoms with E-state index in [-0.39, 0.29) is 23.8 Å². The number of nitrogens with zero attached hydrogens (tertiary/aromatic N) is 3. The van der Waals surface area contributed by atoms with Crippen LogP contribution in [0.3, 0.4) is 0 Å². The van der Waals surface area contributed by atoms with Crippen LogP contribution in [0.25, 0.3) is 0 Å².